The molecule has 5 nitrogen and oxygen atoms in total. The molecule has 0 aliphatic heterocycles. The van der Waals surface area contributed by atoms with Crippen LogP contribution in [0.4, 0.5) is 0 Å². The predicted octanol–water partition coefficient (Wildman–Crippen LogP) is 5.08. The van der Waals surface area contributed by atoms with Crippen LogP contribution in [0.5, 0.6) is 17.2 Å². The molecule has 3 aromatic rings. The van der Waals surface area contributed by atoms with Crippen molar-refractivity contribution in [2.24, 2.45) is 0 Å². The van der Waals surface area contributed by atoms with Gasteiger partial charge in [0.05, 0.1) is 6.61 Å². The Labute approximate surface area is 176 Å². The summed E-state index contributed by atoms with van der Waals surface area (Å²) in [6, 6.07) is 22.6. The third-order valence-electron chi connectivity index (χ3n) is 4.33. The van der Waals surface area contributed by atoms with Gasteiger partial charge in [0.15, 0.2) is 12.4 Å². The average Bonchev–Trinajstić information content (AvgIpc) is 2.79. The molecule has 0 saturated carbocycles. The summed E-state index contributed by atoms with van der Waals surface area (Å²) >= 11 is 0. The lowest BCUT2D eigenvalue weighted by molar-refractivity contribution is -0.136. The number of rotatable bonds is 10. The van der Waals surface area contributed by atoms with Gasteiger partial charge in [0.1, 0.15) is 17.2 Å². The Kier molecular flexibility index (Phi) is 7.61. The van der Waals surface area contributed by atoms with Crippen LogP contribution in [0.15, 0.2) is 78.9 Å². The van der Waals surface area contributed by atoms with Crippen molar-refractivity contribution in [3.8, 4) is 17.2 Å². The maximum atomic E-state index is 12.4. The van der Waals surface area contributed by atoms with E-state index in [9.17, 15) is 9.59 Å². The molecule has 0 amide bonds. The van der Waals surface area contributed by atoms with Crippen LogP contribution in [0.2, 0.25) is 0 Å². The number of ketones is 1. The van der Waals surface area contributed by atoms with Crippen molar-refractivity contribution in [1.29, 1.82) is 0 Å². The van der Waals surface area contributed by atoms with Crippen molar-refractivity contribution in [3.63, 3.8) is 0 Å². The van der Waals surface area contributed by atoms with E-state index in [4.69, 9.17) is 14.2 Å². The molecule has 5 heteroatoms. The molecule has 154 valence electrons. The van der Waals surface area contributed by atoms with E-state index in [1.807, 2.05) is 18.2 Å². The first kappa shape index (κ1) is 21.1. The number of unbranched alkanes of at least 4 members (excludes halogenated alkanes) is 1. The first-order chi connectivity index (χ1) is 14.7. The summed E-state index contributed by atoms with van der Waals surface area (Å²) in [5.41, 5.74) is 1.14. The second kappa shape index (κ2) is 10.8. The number of carbonyl (C=O) groups is 2. The van der Waals surface area contributed by atoms with Gasteiger partial charge in [-0.2, -0.15) is 0 Å². The molecule has 0 aliphatic carbocycles. The molecule has 0 fully saturated rings. The smallest absolute Gasteiger partial charge is 0.349 e. The number of carbonyl (C=O) groups excluding carboxylic acids is 2. The molecule has 0 spiro atoms. The molecule has 0 atom stereocenters. The number of benzene rings is 3. The molecule has 0 unspecified atom stereocenters. The van der Waals surface area contributed by atoms with Crippen molar-refractivity contribution < 1.29 is 23.8 Å². The van der Waals surface area contributed by atoms with Gasteiger partial charge >= 0.3 is 5.97 Å². The standard InChI is InChI=1S/C25H24O5/c1-2-3-17-28-21-13-15-22(16-14-21)29-18-24(26)30-23-11-9-20(10-12-23)25(27)19-7-5-4-6-8-19/h4-16H,2-3,17-18H2,1H3. The van der Waals surface area contributed by atoms with Gasteiger partial charge in [-0.1, -0.05) is 43.7 Å². The van der Waals surface area contributed by atoms with Gasteiger partial charge in [0.25, 0.3) is 0 Å². The minimum absolute atomic E-state index is 0.0843. The number of ether oxygens (including phenoxy) is 3. The lowest BCUT2D eigenvalue weighted by atomic mass is 10.0. The highest BCUT2D eigenvalue weighted by Crippen LogP contribution is 2.19. The van der Waals surface area contributed by atoms with Gasteiger partial charge in [-0.25, -0.2) is 4.79 Å². The van der Waals surface area contributed by atoms with Crippen molar-refractivity contribution in [1.82, 2.24) is 0 Å². The molecule has 3 rings (SSSR count). The first-order valence-electron chi connectivity index (χ1n) is 9.92. The predicted molar refractivity (Wildman–Crippen MR) is 114 cm³/mol. The summed E-state index contributed by atoms with van der Waals surface area (Å²) in [7, 11) is 0. The number of hydrogen-bond acceptors (Lipinski definition) is 5. The topological polar surface area (TPSA) is 61.8 Å². The van der Waals surface area contributed by atoms with Gasteiger partial charge in [0.2, 0.25) is 0 Å². The molecule has 0 N–H and O–H groups in total. The van der Waals surface area contributed by atoms with E-state index in [0.717, 1.165) is 18.6 Å². The van der Waals surface area contributed by atoms with E-state index in [1.165, 1.54) is 0 Å². The number of esters is 1. The minimum Gasteiger partial charge on any atom is -0.494 e. The van der Waals surface area contributed by atoms with Gasteiger partial charge in [-0.3, -0.25) is 4.79 Å². The highest BCUT2D eigenvalue weighted by Gasteiger charge is 2.10. The third kappa shape index (κ3) is 6.21. The zero-order chi connectivity index (χ0) is 21.2. The molecule has 0 aliphatic rings. The fraction of sp³-hybridized carbons (Fsp3) is 0.200. The Morgan fingerprint density at radius 3 is 1.90 bits per heavy atom. The van der Waals surface area contributed by atoms with Crippen LogP contribution in [0.25, 0.3) is 0 Å². The highest BCUT2D eigenvalue weighted by atomic mass is 16.6. The van der Waals surface area contributed by atoms with Crippen molar-refractivity contribution in [2.45, 2.75) is 19.8 Å². The van der Waals surface area contributed by atoms with Gasteiger partial charge in [0, 0.05) is 11.1 Å². The quantitative estimate of drug-likeness (QED) is 0.204. The Morgan fingerprint density at radius 2 is 1.27 bits per heavy atom. The van der Waals surface area contributed by atoms with Crippen molar-refractivity contribution in [3.05, 3.63) is 90.0 Å². The van der Waals surface area contributed by atoms with Gasteiger partial charge < -0.3 is 14.2 Å². The maximum absolute atomic E-state index is 12.4. The minimum atomic E-state index is -0.527. The van der Waals surface area contributed by atoms with Crippen molar-refractivity contribution >= 4 is 11.8 Å². The van der Waals surface area contributed by atoms with E-state index in [1.54, 1.807) is 60.7 Å². The zero-order valence-electron chi connectivity index (χ0n) is 16.9. The van der Waals surface area contributed by atoms with Crippen LogP contribution in [-0.4, -0.2) is 25.0 Å². The first-order valence-corrected chi connectivity index (χ1v) is 9.92. The van der Waals surface area contributed by atoms with Gasteiger partial charge in [-0.05, 0) is 55.0 Å². The molecule has 0 aromatic heterocycles. The molecule has 0 radical (unpaired) electrons. The number of hydrogen-bond donors (Lipinski definition) is 0. The molecule has 30 heavy (non-hydrogen) atoms. The van der Waals surface area contributed by atoms with Gasteiger partial charge in [-0.15, -0.1) is 0 Å². The molecular formula is C25H24O5. The second-order valence-corrected chi connectivity index (χ2v) is 6.66. The lowest BCUT2D eigenvalue weighted by Crippen LogP contribution is -2.17. The Balaban J connectivity index is 1.47. The summed E-state index contributed by atoms with van der Waals surface area (Å²) in [6.07, 6.45) is 2.08. The molecule has 0 bridgehead atoms. The van der Waals surface area contributed by atoms with Crippen LogP contribution in [0.1, 0.15) is 35.7 Å². The van der Waals surface area contributed by atoms with E-state index in [2.05, 4.69) is 6.92 Å². The average molecular weight is 404 g/mol. The summed E-state index contributed by atoms with van der Waals surface area (Å²) in [4.78, 5) is 24.4. The van der Waals surface area contributed by atoms with E-state index in [0.29, 0.717) is 29.2 Å². The van der Waals surface area contributed by atoms with E-state index < -0.39 is 5.97 Å². The van der Waals surface area contributed by atoms with Crippen LogP contribution < -0.4 is 14.2 Å². The van der Waals surface area contributed by atoms with Crippen LogP contribution in [-0.2, 0) is 4.79 Å². The molecule has 3 aromatic carbocycles. The summed E-state index contributed by atoms with van der Waals surface area (Å²) < 4.78 is 16.3. The Morgan fingerprint density at radius 1 is 0.700 bits per heavy atom. The van der Waals surface area contributed by atoms with E-state index in [-0.39, 0.29) is 12.4 Å². The Bertz CT molecular complexity index is 947. The second-order valence-electron chi connectivity index (χ2n) is 6.66. The largest absolute Gasteiger partial charge is 0.494 e. The summed E-state index contributed by atoms with van der Waals surface area (Å²) in [5.74, 6) is 1.06. The normalized spacial score (nSPS) is 10.3. The Hall–Kier alpha value is -3.60. The fourth-order valence-corrected chi connectivity index (χ4v) is 2.70. The van der Waals surface area contributed by atoms with Crippen molar-refractivity contribution in [2.75, 3.05) is 13.2 Å². The highest BCUT2D eigenvalue weighted by molar-refractivity contribution is 6.09. The molecule has 0 heterocycles. The fourth-order valence-electron chi connectivity index (χ4n) is 2.70. The zero-order valence-corrected chi connectivity index (χ0v) is 16.9. The SMILES string of the molecule is CCCCOc1ccc(OCC(=O)Oc2ccc(C(=O)c3ccccc3)cc2)cc1. The van der Waals surface area contributed by atoms with Crippen LogP contribution in [0, 0.1) is 0 Å². The van der Waals surface area contributed by atoms with E-state index >= 15 is 0 Å². The van der Waals surface area contributed by atoms with Crippen LogP contribution >= 0.6 is 0 Å². The summed E-state index contributed by atoms with van der Waals surface area (Å²) in [6.45, 7) is 2.57. The van der Waals surface area contributed by atoms with Crippen LogP contribution in [0.3, 0.4) is 0 Å². The summed E-state index contributed by atoms with van der Waals surface area (Å²) in [5, 5.41) is 0. The maximum Gasteiger partial charge on any atom is 0.349 e. The molecule has 0 saturated heterocycles. The molecular weight excluding hydrogens is 380 g/mol. The monoisotopic (exact) mass is 404 g/mol. The third-order valence-corrected chi connectivity index (χ3v) is 4.33. The lowest BCUT2D eigenvalue weighted by Gasteiger charge is -2.09.